The Balaban J connectivity index is 1.47. The number of carbonyl (C=O) groups excluding carboxylic acids is 1. The van der Waals surface area contributed by atoms with E-state index in [-0.39, 0.29) is 24.6 Å². The molecule has 0 bridgehead atoms. The molecule has 2 heterocycles. The molecule has 4 aromatic rings. The van der Waals surface area contributed by atoms with Crippen molar-refractivity contribution in [1.29, 1.82) is 0 Å². The monoisotopic (exact) mass is 441 g/mol. The predicted octanol–water partition coefficient (Wildman–Crippen LogP) is 4.13. The van der Waals surface area contributed by atoms with E-state index in [1.54, 1.807) is 16.6 Å². The average molecular weight is 442 g/mol. The summed E-state index contributed by atoms with van der Waals surface area (Å²) >= 11 is 1.46. The summed E-state index contributed by atoms with van der Waals surface area (Å²) in [6.07, 6.45) is 0. The Hall–Kier alpha value is -3.33. The van der Waals surface area contributed by atoms with Gasteiger partial charge in [0, 0.05) is 25.2 Å². The van der Waals surface area contributed by atoms with E-state index in [0.717, 1.165) is 39.4 Å². The Morgan fingerprint density at radius 2 is 1.90 bits per heavy atom. The van der Waals surface area contributed by atoms with Gasteiger partial charge in [-0.25, -0.2) is 13.5 Å². The highest BCUT2D eigenvalue weighted by molar-refractivity contribution is 7.22. The molecule has 0 saturated carbocycles. The highest BCUT2D eigenvalue weighted by atomic mass is 32.1. The first kappa shape index (κ1) is 20.9. The average Bonchev–Trinajstić information content (AvgIpc) is 3.29. The number of nitrogens with zero attached hydrogens (tertiary/aromatic N) is 4. The summed E-state index contributed by atoms with van der Waals surface area (Å²) < 4.78 is 29.5. The zero-order valence-electron chi connectivity index (χ0n) is 17.3. The zero-order chi connectivity index (χ0) is 22.1. The fourth-order valence-corrected chi connectivity index (χ4v) is 4.10. The fraction of sp³-hybridized carbons (Fsp3) is 0.227. The van der Waals surface area contributed by atoms with Crippen LogP contribution in [0.15, 0.2) is 42.5 Å². The molecule has 0 radical (unpaired) electrons. The lowest BCUT2D eigenvalue weighted by molar-refractivity contribution is -0.119. The minimum Gasteiger partial charge on any atom is -0.350 e. The number of thiazole rings is 1. The molecule has 0 saturated heterocycles. The first-order valence-corrected chi connectivity index (χ1v) is 10.5. The van der Waals surface area contributed by atoms with Crippen molar-refractivity contribution < 1.29 is 13.6 Å². The number of anilines is 1. The van der Waals surface area contributed by atoms with Crippen molar-refractivity contribution in [2.24, 2.45) is 0 Å². The third kappa shape index (κ3) is 4.41. The number of halogens is 2. The molecule has 2 aromatic heterocycles. The van der Waals surface area contributed by atoms with Crippen molar-refractivity contribution in [2.45, 2.75) is 20.4 Å². The van der Waals surface area contributed by atoms with E-state index < -0.39 is 11.6 Å². The minimum atomic E-state index is -0.684. The molecule has 0 aliphatic heterocycles. The van der Waals surface area contributed by atoms with E-state index in [1.165, 1.54) is 17.4 Å². The second-order valence-electron chi connectivity index (χ2n) is 7.35. The summed E-state index contributed by atoms with van der Waals surface area (Å²) in [5, 5.41) is 7.93. The lowest BCUT2D eigenvalue weighted by atomic mass is 10.2. The molecule has 0 spiro atoms. The van der Waals surface area contributed by atoms with Crippen LogP contribution in [-0.2, 0) is 11.3 Å². The largest absolute Gasteiger partial charge is 0.350 e. The third-order valence-electron chi connectivity index (χ3n) is 4.85. The summed E-state index contributed by atoms with van der Waals surface area (Å²) in [7, 11) is 1.77. The van der Waals surface area contributed by atoms with Crippen molar-refractivity contribution in [1.82, 2.24) is 20.1 Å². The van der Waals surface area contributed by atoms with Crippen molar-refractivity contribution in [3.8, 4) is 5.69 Å². The van der Waals surface area contributed by atoms with E-state index in [9.17, 15) is 13.6 Å². The van der Waals surface area contributed by atoms with Crippen molar-refractivity contribution in [2.75, 3.05) is 18.5 Å². The molecule has 0 unspecified atom stereocenters. The summed E-state index contributed by atoms with van der Waals surface area (Å²) in [5.74, 6) is -1.62. The molecule has 4 rings (SSSR count). The van der Waals surface area contributed by atoms with Crippen LogP contribution in [0.3, 0.4) is 0 Å². The van der Waals surface area contributed by atoms with Crippen molar-refractivity contribution in [3.05, 3.63) is 70.9 Å². The molecule has 0 aliphatic carbocycles. The van der Waals surface area contributed by atoms with Gasteiger partial charge in [-0.1, -0.05) is 35.1 Å². The Morgan fingerprint density at radius 3 is 2.61 bits per heavy atom. The van der Waals surface area contributed by atoms with Crippen LogP contribution in [-0.4, -0.2) is 34.3 Å². The molecular formula is C22H21F2N5OS. The number of fused-ring (bicyclic) bond motifs is 1. The molecule has 2 aromatic carbocycles. The maximum Gasteiger partial charge on any atom is 0.239 e. The van der Waals surface area contributed by atoms with Gasteiger partial charge in [-0.05, 0) is 32.0 Å². The van der Waals surface area contributed by atoms with Crippen molar-refractivity contribution in [3.63, 3.8) is 0 Å². The highest BCUT2D eigenvalue weighted by Crippen LogP contribution is 2.32. The van der Waals surface area contributed by atoms with Crippen LogP contribution in [0.5, 0.6) is 0 Å². The fourth-order valence-electron chi connectivity index (χ4n) is 3.15. The van der Waals surface area contributed by atoms with Crippen LogP contribution in [0.25, 0.3) is 16.0 Å². The van der Waals surface area contributed by atoms with Gasteiger partial charge in [0.15, 0.2) is 10.8 Å². The van der Waals surface area contributed by atoms with Crippen LogP contribution >= 0.6 is 11.3 Å². The maximum atomic E-state index is 13.7. The molecule has 0 aliphatic rings. The SMILES string of the molecule is Cc1ccc(-n2nc(C)c3sc(N(C)CC(=O)NCc4ccc(F)cc4F)nc32)cc1. The number of hydrogen-bond donors (Lipinski definition) is 1. The molecular weight excluding hydrogens is 420 g/mol. The second kappa shape index (κ2) is 8.43. The molecule has 160 valence electrons. The quantitative estimate of drug-likeness (QED) is 0.489. The summed E-state index contributed by atoms with van der Waals surface area (Å²) in [6, 6.07) is 11.3. The third-order valence-corrected chi connectivity index (χ3v) is 6.12. The number of amides is 1. The number of hydrogen-bond acceptors (Lipinski definition) is 5. The zero-order valence-corrected chi connectivity index (χ0v) is 18.1. The van der Waals surface area contributed by atoms with Crippen LogP contribution in [0.4, 0.5) is 13.9 Å². The first-order valence-electron chi connectivity index (χ1n) is 9.67. The van der Waals surface area contributed by atoms with E-state index >= 15 is 0 Å². The second-order valence-corrected chi connectivity index (χ2v) is 8.33. The van der Waals surface area contributed by atoms with Gasteiger partial charge in [-0.3, -0.25) is 4.79 Å². The standard InChI is InChI=1S/C22H21F2N5OS/c1-13-4-8-17(9-5-13)29-21-20(14(2)27-29)31-22(26-21)28(3)12-19(30)25-11-15-6-7-16(23)10-18(15)24/h4-10H,11-12H2,1-3H3,(H,25,30). The Labute approximate surface area is 182 Å². The molecule has 0 atom stereocenters. The maximum absolute atomic E-state index is 13.7. The highest BCUT2D eigenvalue weighted by Gasteiger charge is 2.18. The lowest BCUT2D eigenvalue weighted by Crippen LogP contribution is -2.35. The normalized spacial score (nSPS) is 11.1. The number of aryl methyl sites for hydroxylation is 2. The molecule has 9 heteroatoms. The number of nitrogens with one attached hydrogen (secondary N) is 1. The molecule has 0 fully saturated rings. The molecule has 31 heavy (non-hydrogen) atoms. The van der Waals surface area contributed by atoms with Gasteiger partial charge in [-0.15, -0.1) is 0 Å². The van der Waals surface area contributed by atoms with E-state index in [0.29, 0.717) is 5.13 Å². The van der Waals surface area contributed by atoms with E-state index in [2.05, 4.69) is 10.4 Å². The number of carbonyl (C=O) groups is 1. The van der Waals surface area contributed by atoms with Gasteiger partial charge in [0.1, 0.15) is 11.6 Å². The lowest BCUT2D eigenvalue weighted by Gasteiger charge is -2.15. The van der Waals surface area contributed by atoms with Gasteiger partial charge in [0.05, 0.1) is 22.6 Å². The summed E-state index contributed by atoms with van der Waals surface area (Å²) in [4.78, 5) is 18.8. The van der Waals surface area contributed by atoms with Gasteiger partial charge in [-0.2, -0.15) is 10.1 Å². The molecule has 6 nitrogen and oxygen atoms in total. The number of rotatable bonds is 6. The summed E-state index contributed by atoms with van der Waals surface area (Å²) in [6.45, 7) is 3.99. The minimum absolute atomic E-state index is 0.0138. The van der Waals surface area contributed by atoms with Gasteiger partial charge in [0.2, 0.25) is 5.91 Å². The Bertz CT molecular complexity index is 1250. The Kier molecular flexibility index (Phi) is 5.69. The smallest absolute Gasteiger partial charge is 0.239 e. The first-order chi connectivity index (χ1) is 14.8. The van der Waals surface area contributed by atoms with Crippen LogP contribution in [0, 0.1) is 25.5 Å². The number of likely N-dealkylation sites (N-methyl/N-ethyl adjacent to an activating group) is 1. The van der Waals surface area contributed by atoms with E-state index in [4.69, 9.17) is 4.98 Å². The Morgan fingerprint density at radius 1 is 1.16 bits per heavy atom. The van der Waals surface area contributed by atoms with Crippen LogP contribution in [0.1, 0.15) is 16.8 Å². The predicted molar refractivity (Wildman–Crippen MR) is 118 cm³/mol. The summed E-state index contributed by atoms with van der Waals surface area (Å²) in [5.41, 5.74) is 3.91. The van der Waals surface area contributed by atoms with E-state index in [1.807, 2.05) is 38.1 Å². The van der Waals surface area contributed by atoms with Crippen molar-refractivity contribution >= 4 is 32.7 Å². The van der Waals surface area contributed by atoms with Crippen LogP contribution in [0.2, 0.25) is 0 Å². The number of aromatic nitrogens is 3. The topological polar surface area (TPSA) is 63.1 Å². The van der Waals surface area contributed by atoms with Gasteiger partial charge < -0.3 is 10.2 Å². The molecule has 1 N–H and O–H groups in total. The van der Waals surface area contributed by atoms with Crippen LogP contribution < -0.4 is 10.2 Å². The van der Waals surface area contributed by atoms with Gasteiger partial charge in [0.25, 0.3) is 0 Å². The number of benzene rings is 2. The van der Waals surface area contributed by atoms with Gasteiger partial charge >= 0.3 is 0 Å². The molecule has 1 amide bonds.